The van der Waals surface area contributed by atoms with Crippen LogP contribution in [-0.2, 0) is 12.4 Å². The minimum absolute atomic E-state index is 0.114. The Morgan fingerprint density at radius 3 is 1.39 bits per heavy atom. The number of para-hydroxylation sites is 4. The molecule has 0 fully saturated rings. The van der Waals surface area contributed by atoms with E-state index in [2.05, 4.69) is 103 Å². The molecule has 0 aliphatic rings. The molecular formula is C46H31F6IN4. The number of benzene rings is 6. The second-order valence-electron chi connectivity index (χ2n) is 13.6. The second kappa shape index (κ2) is 14.8. The minimum atomic E-state index is -4.42. The number of fused-ring (bicyclic) bond motifs is 8. The quantitative estimate of drug-likeness (QED) is 0.132. The summed E-state index contributed by atoms with van der Waals surface area (Å²) in [7, 11) is 0. The zero-order chi connectivity index (χ0) is 40.1. The van der Waals surface area contributed by atoms with Gasteiger partial charge in [-0.1, -0.05) is 84.9 Å². The molecule has 0 spiro atoms. The normalized spacial score (nSPS) is 11.9. The number of aromatic amines is 1. The van der Waals surface area contributed by atoms with E-state index in [1.165, 1.54) is 33.9 Å². The van der Waals surface area contributed by atoms with Crippen LogP contribution in [0.15, 0.2) is 146 Å². The Labute approximate surface area is 335 Å². The van der Waals surface area contributed by atoms with Crippen molar-refractivity contribution in [1.29, 1.82) is 0 Å². The highest BCUT2D eigenvalue weighted by Crippen LogP contribution is 2.38. The lowest BCUT2D eigenvalue weighted by molar-refractivity contribution is -0.137. The molecule has 0 bridgehead atoms. The Kier molecular flexibility index (Phi) is 9.89. The minimum Gasteiger partial charge on any atom is -0.355 e. The fraction of sp³-hybridized carbons (Fsp3) is 0.0870. The van der Waals surface area contributed by atoms with Gasteiger partial charge in [-0.25, -0.2) is 0 Å². The standard InChI is InChI=1S/C23H15F3N2.C12H9N.C11H7F3IN/c1-14-12-19(23(24,25)26)18-11-10-15(13-20(18)27-14)28-21-8-4-2-6-16(21)17-7-3-5-9-22(17)28;1-3-7-11-9(5-1)10-6-2-4-8-12(10)13-11;1-6-4-9(11(12,13)14)8-3-2-7(15)5-10(8)16-6/h2-13H,1H3;1-8,13H;2-5H,1H3. The first-order valence-corrected chi connectivity index (χ1v) is 18.9. The molecule has 0 saturated heterocycles. The number of hydrogen-bond acceptors (Lipinski definition) is 2. The van der Waals surface area contributed by atoms with Crippen LogP contribution >= 0.6 is 22.6 Å². The van der Waals surface area contributed by atoms with Crippen LogP contribution in [0.25, 0.3) is 71.1 Å². The SMILES string of the molecule is Cc1cc(C(F)(F)F)c2ccc(-n3c4ccccc4c4ccccc43)cc2n1.Cc1cc(C(F)(F)F)c2ccc(I)cc2n1.c1ccc2c(c1)[nH]c1ccccc12. The highest BCUT2D eigenvalue weighted by Gasteiger charge is 2.34. The number of rotatable bonds is 1. The van der Waals surface area contributed by atoms with Gasteiger partial charge in [0.15, 0.2) is 0 Å². The van der Waals surface area contributed by atoms with Crippen LogP contribution in [0.1, 0.15) is 22.5 Å². The summed E-state index contributed by atoms with van der Waals surface area (Å²) in [6.07, 6.45) is -8.75. The van der Waals surface area contributed by atoms with E-state index >= 15 is 0 Å². The topological polar surface area (TPSA) is 46.5 Å². The van der Waals surface area contributed by atoms with E-state index in [0.29, 0.717) is 22.4 Å². The molecule has 6 aromatic carbocycles. The van der Waals surface area contributed by atoms with E-state index in [4.69, 9.17) is 0 Å². The number of H-pyrrole nitrogens is 1. The van der Waals surface area contributed by atoms with Crippen LogP contribution in [0.4, 0.5) is 26.3 Å². The van der Waals surface area contributed by atoms with Crippen molar-refractivity contribution in [3.05, 3.63) is 172 Å². The molecule has 0 atom stereocenters. The molecule has 1 N–H and O–H groups in total. The van der Waals surface area contributed by atoms with Crippen molar-refractivity contribution in [2.45, 2.75) is 26.2 Å². The first-order chi connectivity index (χ1) is 27.3. The predicted molar refractivity (Wildman–Crippen MR) is 226 cm³/mol. The number of halogens is 7. The molecule has 284 valence electrons. The van der Waals surface area contributed by atoms with Crippen molar-refractivity contribution < 1.29 is 26.3 Å². The van der Waals surface area contributed by atoms with Crippen LogP contribution in [0, 0.1) is 17.4 Å². The molecule has 0 saturated carbocycles. The van der Waals surface area contributed by atoms with Crippen molar-refractivity contribution >= 4 is 88.0 Å². The van der Waals surface area contributed by atoms with Gasteiger partial charge in [0.25, 0.3) is 0 Å². The van der Waals surface area contributed by atoms with Gasteiger partial charge >= 0.3 is 12.4 Å². The van der Waals surface area contributed by atoms with E-state index in [1.54, 1.807) is 38.1 Å². The summed E-state index contributed by atoms with van der Waals surface area (Å²) in [5.74, 6) is 0. The third kappa shape index (κ3) is 7.51. The van der Waals surface area contributed by atoms with Crippen LogP contribution in [0.3, 0.4) is 0 Å². The highest BCUT2D eigenvalue weighted by molar-refractivity contribution is 14.1. The maximum atomic E-state index is 13.5. The molecule has 0 radical (unpaired) electrons. The highest BCUT2D eigenvalue weighted by atomic mass is 127. The lowest BCUT2D eigenvalue weighted by Crippen LogP contribution is -2.07. The van der Waals surface area contributed by atoms with Gasteiger partial charge in [-0.3, -0.25) is 9.97 Å². The maximum absolute atomic E-state index is 13.5. The van der Waals surface area contributed by atoms with Gasteiger partial charge in [-0.05, 0) is 97.1 Å². The molecule has 11 heteroatoms. The lowest BCUT2D eigenvalue weighted by atomic mass is 10.1. The first kappa shape index (κ1) is 37.9. The largest absolute Gasteiger partial charge is 0.417 e. The van der Waals surface area contributed by atoms with Gasteiger partial charge in [0, 0.05) is 64.0 Å². The van der Waals surface area contributed by atoms with E-state index in [1.807, 2.05) is 36.4 Å². The summed E-state index contributed by atoms with van der Waals surface area (Å²) < 4.78 is 81.6. The predicted octanol–water partition coefficient (Wildman–Crippen LogP) is 14.1. The van der Waals surface area contributed by atoms with E-state index in [-0.39, 0.29) is 10.8 Å². The molecule has 10 aromatic rings. The fourth-order valence-electron chi connectivity index (χ4n) is 7.29. The van der Waals surface area contributed by atoms with E-state index in [9.17, 15) is 26.3 Å². The summed E-state index contributed by atoms with van der Waals surface area (Å²) in [6.45, 7) is 3.15. The molecule has 57 heavy (non-hydrogen) atoms. The zero-order valence-corrected chi connectivity index (χ0v) is 32.5. The van der Waals surface area contributed by atoms with Gasteiger partial charge in [0.2, 0.25) is 0 Å². The van der Waals surface area contributed by atoms with Crippen molar-refractivity contribution in [3.63, 3.8) is 0 Å². The van der Waals surface area contributed by atoms with E-state index in [0.717, 1.165) is 43.2 Å². The molecule has 0 aliphatic carbocycles. The van der Waals surface area contributed by atoms with Crippen LogP contribution in [0.2, 0.25) is 0 Å². The van der Waals surface area contributed by atoms with E-state index < -0.39 is 23.5 Å². The monoisotopic (exact) mass is 880 g/mol. The van der Waals surface area contributed by atoms with Crippen molar-refractivity contribution in [2.75, 3.05) is 0 Å². The van der Waals surface area contributed by atoms with Crippen LogP contribution in [-0.4, -0.2) is 19.5 Å². The molecule has 0 aliphatic heterocycles. The molecule has 4 nitrogen and oxygen atoms in total. The number of aryl methyl sites for hydroxylation is 2. The zero-order valence-electron chi connectivity index (χ0n) is 30.3. The third-order valence-corrected chi connectivity index (χ3v) is 10.4. The Morgan fingerprint density at radius 1 is 0.474 bits per heavy atom. The molecular weight excluding hydrogens is 849 g/mol. The lowest BCUT2D eigenvalue weighted by Gasteiger charge is -2.13. The fourth-order valence-corrected chi connectivity index (χ4v) is 7.77. The van der Waals surface area contributed by atoms with Gasteiger partial charge < -0.3 is 9.55 Å². The third-order valence-electron chi connectivity index (χ3n) is 9.68. The van der Waals surface area contributed by atoms with Crippen LogP contribution in [0.5, 0.6) is 0 Å². The smallest absolute Gasteiger partial charge is 0.355 e. The first-order valence-electron chi connectivity index (χ1n) is 17.8. The summed E-state index contributed by atoms with van der Waals surface area (Å²) in [4.78, 5) is 11.9. The summed E-state index contributed by atoms with van der Waals surface area (Å²) in [5.41, 5.74) is 5.41. The molecule has 0 unspecified atom stereocenters. The van der Waals surface area contributed by atoms with Gasteiger partial charge in [-0.15, -0.1) is 0 Å². The average molecular weight is 881 g/mol. The molecule has 0 amide bonds. The number of nitrogens with one attached hydrogen (secondary N) is 1. The van der Waals surface area contributed by atoms with Crippen molar-refractivity contribution in [1.82, 2.24) is 19.5 Å². The Balaban J connectivity index is 0.000000132. The van der Waals surface area contributed by atoms with Gasteiger partial charge in [0.1, 0.15) is 0 Å². The molecule has 4 aromatic heterocycles. The Hall–Kier alpha value is -5.95. The Morgan fingerprint density at radius 2 is 0.895 bits per heavy atom. The number of hydrogen-bond donors (Lipinski definition) is 1. The van der Waals surface area contributed by atoms with Gasteiger partial charge in [-0.2, -0.15) is 26.3 Å². The maximum Gasteiger partial charge on any atom is 0.417 e. The second-order valence-corrected chi connectivity index (χ2v) is 14.8. The summed E-state index contributed by atoms with van der Waals surface area (Å²) in [6, 6.07) is 44.7. The summed E-state index contributed by atoms with van der Waals surface area (Å²) in [5, 5.41) is 5.08. The number of nitrogens with zero attached hydrogens (tertiary/aromatic N) is 3. The van der Waals surface area contributed by atoms with Crippen LogP contribution < -0.4 is 0 Å². The van der Waals surface area contributed by atoms with Gasteiger partial charge in [0.05, 0.1) is 33.2 Å². The molecule has 10 rings (SSSR count). The number of pyridine rings is 2. The van der Waals surface area contributed by atoms with Crippen molar-refractivity contribution in [3.8, 4) is 5.69 Å². The average Bonchev–Trinajstić information content (AvgIpc) is 3.73. The number of alkyl halides is 6. The van der Waals surface area contributed by atoms with Crippen molar-refractivity contribution in [2.24, 2.45) is 0 Å². The molecule has 4 heterocycles. The summed E-state index contributed by atoms with van der Waals surface area (Å²) >= 11 is 2.05. The Bertz CT molecular complexity index is 3000. The number of aromatic nitrogens is 4.